The zero-order valence-electron chi connectivity index (χ0n) is 9.27. The van der Waals surface area contributed by atoms with Crippen LogP contribution >= 0.6 is 0 Å². The van der Waals surface area contributed by atoms with Gasteiger partial charge in [0, 0.05) is 5.56 Å². The van der Waals surface area contributed by atoms with E-state index >= 15 is 0 Å². The zero-order chi connectivity index (χ0) is 10.1. The van der Waals surface area contributed by atoms with E-state index < -0.39 is 0 Å². The van der Waals surface area contributed by atoms with Crippen LogP contribution in [0.3, 0.4) is 0 Å². The standard InChI is InChI=1S/C11H19NO/c1-6-11(4,5)7-10-8(2)12-13-9(10)3/h6-7H2,1-5H3. The first kappa shape index (κ1) is 10.3. The van der Waals surface area contributed by atoms with Crippen molar-refractivity contribution >= 4 is 0 Å². The molecular weight excluding hydrogens is 162 g/mol. The van der Waals surface area contributed by atoms with Gasteiger partial charge in [0.05, 0.1) is 5.69 Å². The predicted molar refractivity (Wildman–Crippen MR) is 53.8 cm³/mol. The molecule has 1 heterocycles. The van der Waals surface area contributed by atoms with Crippen LogP contribution in [0.25, 0.3) is 0 Å². The van der Waals surface area contributed by atoms with E-state index in [0.29, 0.717) is 5.41 Å². The average Bonchev–Trinajstić information content (AvgIpc) is 2.36. The third-order valence-corrected chi connectivity index (χ3v) is 2.79. The van der Waals surface area contributed by atoms with Gasteiger partial charge in [-0.3, -0.25) is 0 Å². The Balaban J connectivity index is 2.85. The Morgan fingerprint density at radius 2 is 1.92 bits per heavy atom. The summed E-state index contributed by atoms with van der Waals surface area (Å²) in [7, 11) is 0. The molecule has 0 fully saturated rings. The van der Waals surface area contributed by atoms with Crippen molar-refractivity contribution in [2.24, 2.45) is 5.41 Å². The molecule has 0 spiro atoms. The highest BCUT2D eigenvalue weighted by Crippen LogP contribution is 2.28. The van der Waals surface area contributed by atoms with Gasteiger partial charge in [-0.2, -0.15) is 0 Å². The van der Waals surface area contributed by atoms with Gasteiger partial charge in [0.25, 0.3) is 0 Å². The third kappa shape index (κ3) is 2.33. The zero-order valence-corrected chi connectivity index (χ0v) is 9.27. The maximum Gasteiger partial charge on any atom is 0.137 e. The van der Waals surface area contributed by atoms with Gasteiger partial charge >= 0.3 is 0 Å². The largest absolute Gasteiger partial charge is 0.361 e. The molecule has 0 aliphatic carbocycles. The van der Waals surface area contributed by atoms with Crippen molar-refractivity contribution in [2.45, 2.75) is 47.5 Å². The van der Waals surface area contributed by atoms with Crippen molar-refractivity contribution in [1.29, 1.82) is 0 Å². The summed E-state index contributed by atoms with van der Waals surface area (Å²) >= 11 is 0. The summed E-state index contributed by atoms with van der Waals surface area (Å²) in [6.07, 6.45) is 2.24. The first-order valence-corrected chi connectivity index (χ1v) is 4.88. The van der Waals surface area contributed by atoms with Crippen LogP contribution in [0.1, 0.15) is 44.2 Å². The molecule has 0 atom stereocenters. The quantitative estimate of drug-likeness (QED) is 0.715. The molecule has 0 radical (unpaired) electrons. The van der Waals surface area contributed by atoms with Gasteiger partial charge in [-0.05, 0) is 25.7 Å². The van der Waals surface area contributed by atoms with E-state index in [-0.39, 0.29) is 0 Å². The van der Waals surface area contributed by atoms with E-state index in [2.05, 4.69) is 25.9 Å². The molecule has 0 aliphatic heterocycles. The minimum atomic E-state index is 0.348. The number of aryl methyl sites for hydroxylation is 2. The Hall–Kier alpha value is -0.790. The van der Waals surface area contributed by atoms with Crippen LogP contribution in [0.4, 0.5) is 0 Å². The maximum absolute atomic E-state index is 5.14. The highest BCUT2D eigenvalue weighted by Gasteiger charge is 2.20. The van der Waals surface area contributed by atoms with Crippen molar-refractivity contribution in [3.8, 4) is 0 Å². The number of aromatic nitrogens is 1. The number of hydrogen-bond acceptors (Lipinski definition) is 2. The summed E-state index contributed by atoms with van der Waals surface area (Å²) in [5.41, 5.74) is 2.67. The van der Waals surface area contributed by atoms with Gasteiger partial charge in [-0.15, -0.1) is 0 Å². The lowest BCUT2D eigenvalue weighted by Gasteiger charge is -2.21. The van der Waals surface area contributed by atoms with Gasteiger partial charge in [-0.1, -0.05) is 32.3 Å². The molecule has 0 unspecified atom stereocenters. The Bertz CT molecular complexity index is 267. The lowest BCUT2D eigenvalue weighted by molar-refractivity contribution is 0.344. The molecule has 1 aromatic rings. The summed E-state index contributed by atoms with van der Waals surface area (Å²) in [6.45, 7) is 10.8. The van der Waals surface area contributed by atoms with Crippen LogP contribution in [0.5, 0.6) is 0 Å². The molecular formula is C11H19NO. The summed E-state index contributed by atoms with van der Waals surface area (Å²) in [5, 5.41) is 3.96. The normalized spacial score (nSPS) is 12.1. The average molecular weight is 181 g/mol. The highest BCUT2D eigenvalue weighted by atomic mass is 16.5. The molecule has 74 valence electrons. The first-order valence-electron chi connectivity index (χ1n) is 4.88. The fraction of sp³-hybridized carbons (Fsp3) is 0.727. The van der Waals surface area contributed by atoms with Crippen molar-refractivity contribution in [3.63, 3.8) is 0 Å². The molecule has 0 aliphatic rings. The van der Waals surface area contributed by atoms with Gasteiger partial charge in [0.2, 0.25) is 0 Å². The third-order valence-electron chi connectivity index (χ3n) is 2.79. The minimum Gasteiger partial charge on any atom is -0.361 e. The second-order valence-corrected chi connectivity index (χ2v) is 4.50. The second kappa shape index (κ2) is 3.52. The number of rotatable bonds is 3. The Labute approximate surface area is 80.3 Å². The number of hydrogen-bond donors (Lipinski definition) is 0. The van der Waals surface area contributed by atoms with E-state index in [1.165, 1.54) is 12.0 Å². The first-order chi connectivity index (χ1) is 5.96. The summed E-state index contributed by atoms with van der Waals surface area (Å²) < 4.78 is 5.14. The minimum absolute atomic E-state index is 0.348. The van der Waals surface area contributed by atoms with Crippen molar-refractivity contribution in [1.82, 2.24) is 5.16 Å². The van der Waals surface area contributed by atoms with Crippen LogP contribution in [0.2, 0.25) is 0 Å². The monoisotopic (exact) mass is 181 g/mol. The Morgan fingerprint density at radius 3 is 2.31 bits per heavy atom. The molecule has 2 nitrogen and oxygen atoms in total. The Morgan fingerprint density at radius 1 is 1.31 bits per heavy atom. The Kier molecular flexibility index (Phi) is 2.79. The van der Waals surface area contributed by atoms with Gasteiger partial charge in [0.15, 0.2) is 0 Å². The molecule has 2 heteroatoms. The molecule has 0 amide bonds. The molecule has 13 heavy (non-hydrogen) atoms. The molecule has 0 saturated carbocycles. The van der Waals surface area contributed by atoms with E-state index in [4.69, 9.17) is 4.52 Å². The predicted octanol–water partition coefficient (Wildman–Crippen LogP) is 3.27. The van der Waals surface area contributed by atoms with Crippen molar-refractivity contribution in [3.05, 3.63) is 17.0 Å². The van der Waals surface area contributed by atoms with E-state index in [0.717, 1.165) is 17.9 Å². The van der Waals surface area contributed by atoms with E-state index in [1.54, 1.807) is 0 Å². The van der Waals surface area contributed by atoms with Crippen LogP contribution in [0, 0.1) is 19.3 Å². The summed E-state index contributed by atoms with van der Waals surface area (Å²) in [4.78, 5) is 0. The van der Waals surface area contributed by atoms with Gasteiger partial charge in [0.1, 0.15) is 5.76 Å². The topological polar surface area (TPSA) is 26.0 Å². The SMILES string of the molecule is CCC(C)(C)Cc1c(C)noc1C. The second-order valence-electron chi connectivity index (χ2n) is 4.50. The molecule has 0 N–H and O–H groups in total. The fourth-order valence-corrected chi connectivity index (χ4v) is 1.36. The fourth-order valence-electron chi connectivity index (χ4n) is 1.36. The van der Waals surface area contributed by atoms with Gasteiger partial charge < -0.3 is 4.52 Å². The summed E-state index contributed by atoms with van der Waals surface area (Å²) in [5.74, 6) is 0.971. The molecule has 0 saturated heterocycles. The lowest BCUT2D eigenvalue weighted by atomic mass is 9.83. The molecule has 0 aromatic carbocycles. The van der Waals surface area contributed by atoms with Crippen molar-refractivity contribution < 1.29 is 4.52 Å². The van der Waals surface area contributed by atoms with Gasteiger partial charge in [-0.25, -0.2) is 0 Å². The van der Waals surface area contributed by atoms with Crippen molar-refractivity contribution in [2.75, 3.05) is 0 Å². The molecule has 0 bridgehead atoms. The molecule has 1 rings (SSSR count). The van der Waals surface area contributed by atoms with Crippen LogP contribution in [-0.2, 0) is 6.42 Å². The number of nitrogens with zero attached hydrogens (tertiary/aromatic N) is 1. The smallest absolute Gasteiger partial charge is 0.137 e. The lowest BCUT2D eigenvalue weighted by Crippen LogP contribution is -2.14. The van der Waals surface area contributed by atoms with E-state index in [1.807, 2.05) is 13.8 Å². The summed E-state index contributed by atoms with van der Waals surface area (Å²) in [6, 6.07) is 0. The molecule has 1 aromatic heterocycles. The maximum atomic E-state index is 5.14. The van der Waals surface area contributed by atoms with Crippen LogP contribution < -0.4 is 0 Å². The van der Waals surface area contributed by atoms with E-state index in [9.17, 15) is 0 Å². The van der Waals surface area contributed by atoms with Crippen LogP contribution in [0.15, 0.2) is 4.52 Å². The van der Waals surface area contributed by atoms with Crippen LogP contribution in [-0.4, -0.2) is 5.16 Å². The highest BCUT2D eigenvalue weighted by molar-refractivity contribution is 5.22.